The molecule has 0 unspecified atom stereocenters. The summed E-state index contributed by atoms with van der Waals surface area (Å²) >= 11 is 5.87. The zero-order valence-electron chi connectivity index (χ0n) is 14.1. The summed E-state index contributed by atoms with van der Waals surface area (Å²) in [4.78, 5) is 17.6. The molecule has 0 bridgehead atoms. The Morgan fingerprint density at radius 2 is 2.00 bits per heavy atom. The van der Waals surface area contributed by atoms with Crippen molar-refractivity contribution in [2.45, 2.75) is 18.6 Å². The highest BCUT2D eigenvalue weighted by Gasteiger charge is 2.32. The van der Waals surface area contributed by atoms with E-state index in [0.29, 0.717) is 29.3 Å². The van der Waals surface area contributed by atoms with E-state index >= 15 is 0 Å². The first kappa shape index (κ1) is 16.9. The van der Waals surface area contributed by atoms with Gasteiger partial charge >= 0.3 is 0 Å². The number of carbonyl (C=O) groups is 1. The predicted octanol–water partition coefficient (Wildman–Crippen LogP) is 3.48. The van der Waals surface area contributed by atoms with E-state index in [1.165, 1.54) is 0 Å². The average Bonchev–Trinajstić information content (AvgIpc) is 3.12. The number of likely N-dealkylation sites (tertiary alicyclic amines) is 1. The third kappa shape index (κ3) is 3.41. The number of fused-ring (bicyclic) bond motifs is 1. The zero-order valence-corrected chi connectivity index (χ0v) is 14.8. The van der Waals surface area contributed by atoms with Crippen LogP contribution in [0.15, 0.2) is 54.7 Å². The molecule has 1 amide bonds. The number of β-amino-alcohol motifs (C(OH)–C–C–N with tert-alkyl or cyclic N) is 1. The predicted molar refractivity (Wildman–Crippen MR) is 101 cm³/mol. The van der Waals surface area contributed by atoms with Crippen LogP contribution in [0.2, 0.25) is 5.02 Å². The lowest BCUT2D eigenvalue weighted by Crippen LogP contribution is -2.51. The number of benzene rings is 2. The highest BCUT2D eigenvalue weighted by Crippen LogP contribution is 2.23. The molecule has 2 atom stereocenters. The quantitative estimate of drug-likeness (QED) is 0.741. The molecule has 26 heavy (non-hydrogen) atoms. The van der Waals surface area contributed by atoms with Gasteiger partial charge in [-0.15, -0.1) is 0 Å². The number of aromatic amines is 1. The maximum Gasteiger partial charge on any atom is 0.254 e. The summed E-state index contributed by atoms with van der Waals surface area (Å²) in [5, 5.41) is 12.1. The number of rotatable bonds is 3. The van der Waals surface area contributed by atoms with Gasteiger partial charge in [0.05, 0.1) is 6.54 Å². The molecule has 2 N–H and O–H groups in total. The van der Waals surface area contributed by atoms with Gasteiger partial charge in [-0.1, -0.05) is 17.7 Å². The third-order valence-electron chi connectivity index (χ3n) is 4.71. The van der Waals surface area contributed by atoms with E-state index < -0.39 is 6.10 Å². The van der Waals surface area contributed by atoms with Crippen molar-refractivity contribution < 1.29 is 14.6 Å². The minimum absolute atomic E-state index is 0.0782. The van der Waals surface area contributed by atoms with E-state index in [0.717, 1.165) is 10.9 Å². The van der Waals surface area contributed by atoms with Crippen LogP contribution in [0.3, 0.4) is 0 Å². The van der Waals surface area contributed by atoms with Crippen LogP contribution >= 0.6 is 11.6 Å². The second-order valence-corrected chi connectivity index (χ2v) is 6.93. The van der Waals surface area contributed by atoms with Gasteiger partial charge < -0.3 is 19.7 Å². The van der Waals surface area contributed by atoms with Gasteiger partial charge in [-0.2, -0.15) is 0 Å². The number of aromatic nitrogens is 1. The van der Waals surface area contributed by atoms with Crippen molar-refractivity contribution in [3.63, 3.8) is 0 Å². The van der Waals surface area contributed by atoms with Gasteiger partial charge in [0, 0.05) is 35.3 Å². The number of amides is 1. The van der Waals surface area contributed by atoms with Crippen LogP contribution in [-0.2, 0) is 0 Å². The Morgan fingerprint density at radius 3 is 2.77 bits per heavy atom. The number of nitrogens with zero attached hydrogens (tertiary/aromatic N) is 1. The number of piperidine rings is 1. The summed E-state index contributed by atoms with van der Waals surface area (Å²) in [5.74, 6) is 0.584. The highest BCUT2D eigenvalue weighted by molar-refractivity contribution is 6.30. The number of ether oxygens (including phenoxy) is 1. The minimum Gasteiger partial charge on any atom is -0.488 e. The summed E-state index contributed by atoms with van der Waals surface area (Å²) in [6.07, 6.45) is 1.34. The maximum atomic E-state index is 12.8. The molecule has 3 aromatic rings. The number of H-pyrrole nitrogens is 1. The highest BCUT2D eigenvalue weighted by atomic mass is 35.5. The lowest BCUT2D eigenvalue weighted by molar-refractivity contribution is -0.0198. The van der Waals surface area contributed by atoms with Crippen LogP contribution in [0.1, 0.15) is 16.8 Å². The summed E-state index contributed by atoms with van der Waals surface area (Å²) < 4.78 is 5.85. The Labute approximate surface area is 156 Å². The molecule has 0 aliphatic carbocycles. The van der Waals surface area contributed by atoms with Crippen molar-refractivity contribution in [3.8, 4) is 5.75 Å². The van der Waals surface area contributed by atoms with Crippen molar-refractivity contribution in [3.05, 3.63) is 65.3 Å². The number of nitrogens with one attached hydrogen (secondary N) is 1. The molecular weight excluding hydrogens is 352 g/mol. The first-order valence-electron chi connectivity index (χ1n) is 8.57. The lowest BCUT2D eigenvalue weighted by Gasteiger charge is -2.36. The largest absolute Gasteiger partial charge is 0.488 e. The second kappa shape index (κ2) is 7.02. The summed E-state index contributed by atoms with van der Waals surface area (Å²) in [5.41, 5.74) is 1.54. The molecule has 2 aromatic carbocycles. The first-order valence-corrected chi connectivity index (χ1v) is 8.95. The number of hydrogen-bond donors (Lipinski definition) is 2. The average molecular weight is 371 g/mol. The molecule has 0 radical (unpaired) electrons. The van der Waals surface area contributed by atoms with Gasteiger partial charge in [0.25, 0.3) is 5.91 Å². The Kier molecular flexibility index (Phi) is 4.57. The lowest BCUT2D eigenvalue weighted by atomic mass is 10.0. The van der Waals surface area contributed by atoms with Crippen molar-refractivity contribution in [1.82, 2.24) is 9.88 Å². The maximum absolute atomic E-state index is 12.8. The molecule has 6 heteroatoms. The fourth-order valence-electron chi connectivity index (χ4n) is 3.28. The minimum atomic E-state index is -0.738. The first-order chi connectivity index (χ1) is 12.6. The van der Waals surface area contributed by atoms with Gasteiger partial charge in [0.2, 0.25) is 0 Å². The third-order valence-corrected chi connectivity index (χ3v) is 4.96. The summed E-state index contributed by atoms with van der Waals surface area (Å²) in [6.45, 7) is 0.788. The second-order valence-electron chi connectivity index (χ2n) is 6.50. The number of carbonyl (C=O) groups excluding carboxylic acids is 1. The van der Waals surface area contributed by atoms with Crippen LogP contribution in [0, 0.1) is 0 Å². The van der Waals surface area contributed by atoms with Crippen molar-refractivity contribution in [2.24, 2.45) is 0 Å². The topological polar surface area (TPSA) is 65.6 Å². The number of aliphatic hydroxyl groups excluding tert-OH is 1. The standard InChI is InChI=1S/C20H19ClN2O3/c21-15-3-5-16(6-4-15)26-19-8-10-23(12-18(19)24)20(25)14-2-1-13-7-9-22-17(13)11-14/h1-7,9,11,18-19,22,24H,8,10,12H2/t18-,19-/m1/s1. The van der Waals surface area contributed by atoms with Crippen LogP contribution in [0.4, 0.5) is 0 Å². The fraction of sp³-hybridized carbons (Fsp3) is 0.250. The number of aliphatic hydroxyl groups is 1. The fourth-order valence-corrected chi connectivity index (χ4v) is 3.41. The monoisotopic (exact) mass is 370 g/mol. The van der Waals surface area contributed by atoms with Crippen LogP contribution in [0.5, 0.6) is 5.75 Å². The molecule has 0 spiro atoms. The van der Waals surface area contributed by atoms with E-state index in [-0.39, 0.29) is 18.6 Å². The molecular formula is C20H19ClN2O3. The molecule has 0 saturated carbocycles. The smallest absolute Gasteiger partial charge is 0.254 e. The van der Waals surface area contributed by atoms with Gasteiger partial charge in [-0.25, -0.2) is 0 Å². The van der Waals surface area contributed by atoms with Gasteiger partial charge in [0.15, 0.2) is 0 Å². The normalized spacial score (nSPS) is 20.3. The number of hydrogen-bond acceptors (Lipinski definition) is 3. The summed E-state index contributed by atoms with van der Waals surface area (Å²) in [7, 11) is 0. The molecule has 1 saturated heterocycles. The Morgan fingerprint density at radius 1 is 1.19 bits per heavy atom. The van der Waals surface area contributed by atoms with Crippen LogP contribution < -0.4 is 4.74 Å². The molecule has 1 aromatic heterocycles. The molecule has 5 nitrogen and oxygen atoms in total. The van der Waals surface area contributed by atoms with Gasteiger partial charge in [-0.05, 0) is 47.9 Å². The number of halogens is 1. The molecule has 1 aliphatic heterocycles. The SMILES string of the molecule is O=C(c1ccc2cc[nH]c2c1)N1CC[C@@H](Oc2ccc(Cl)cc2)[C@H](O)C1. The van der Waals surface area contributed by atoms with Crippen molar-refractivity contribution >= 4 is 28.4 Å². The molecule has 4 rings (SSSR count). The molecule has 1 aliphatic rings. The van der Waals surface area contributed by atoms with E-state index in [1.807, 2.05) is 30.5 Å². The Bertz CT molecular complexity index is 922. The Balaban J connectivity index is 1.42. The molecule has 2 heterocycles. The zero-order chi connectivity index (χ0) is 18.1. The van der Waals surface area contributed by atoms with Gasteiger partial charge in [0.1, 0.15) is 18.0 Å². The van der Waals surface area contributed by atoms with E-state index in [9.17, 15) is 9.90 Å². The van der Waals surface area contributed by atoms with Gasteiger partial charge in [-0.3, -0.25) is 4.79 Å². The molecule has 134 valence electrons. The van der Waals surface area contributed by atoms with E-state index in [1.54, 1.807) is 29.2 Å². The van der Waals surface area contributed by atoms with Crippen LogP contribution in [0.25, 0.3) is 10.9 Å². The van der Waals surface area contributed by atoms with Crippen LogP contribution in [-0.4, -0.2) is 46.2 Å². The van der Waals surface area contributed by atoms with Crippen molar-refractivity contribution in [1.29, 1.82) is 0 Å². The van der Waals surface area contributed by atoms with E-state index in [4.69, 9.17) is 16.3 Å². The Hall–Kier alpha value is -2.50. The summed E-state index contributed by atoms with van der Waals surface area (Å²) in [6, 6.07) is 14.6. The van der Waals surface area contributed by atoms with E-state index in [2.05, 4.69) is 4.98 Å². The van der Waals surface area contributed by atoms with Crippen molar-refractivity contribution in [2.75, 3.05) is 13.1 Å². The molecule has 1 fully saturated rings.